The van der Waals surface area contributed by atoms with E-state index in [-0.39, 0.29) is 6.04 Å². The van der Waals surface area contributed by atoms with Crippen LogP contribution in [0.5, 0.6) is 0 Å². The number of anilines is 1. The largest absolute Gasteiger partial charge is 0.347 e. The van der Waals surface area contributed by atoms with Crippen molar-refractivity contribution < 1.29 is 0 Å². The maximum atomic E-state index is 8.87. The molecule has 0 radical (unpaired) electrons. The van der Waals surface area contributed by atoms with Crippen molar-refractivity contribution >= 4 is 17.3 Å². The summed E-state index contributed by atoms with van der Waals surface area (Å²) >= 11 is 1.75. The van der Waals surface area contributed by atoms with Crippen molar-refractivity contribution in [3.63, 3.8) is 0 Å². The maximum absolute atomic E-state index is 8.87. The van der Waals surface area contributed by atoms with Gasteiger partial charge in [-0.1, -0.05) is 0 Å². The number of rotatable bonds is 3. The SMILES string of the molecule is Cc1cc(C#N)nc(NC(C)c2ccc(C)s2)n1. The fourth-order valence-corrected chi connectivity index (χ4v) is 2.52. The van der Waals surface area contributed by atoms with E-state index in [0.29, 0.717) is 11.6 Å². The number of hydrogen-bond donors (Lipinski definition) is 1. The normalized spacial score (nSPS) is 11.9. The van der Waals surface area contributed by atoms with Gasteiger partial charge in [-0.25, -0.2) is 9.97 Å². The minimum absolute atomic E-state index is 0.136. The first-order valence-electron chi connectivity index (χ1n) is 5.67. The summed E-state index contributed by atoms with van der Waals surface area (Å²) in [5, 5.41) is 12.1. The lowest BCUT2D eigenvalue weighted by atomic mass is 10.3. The van der Waals surface area contributed by atoms with Crippen molar-refractivity contribution in [3.05, 3.63) is 39.3 Å². The van der Waals surface area contributed by atoms with E-state index in [1.807, 2.05) is 13.0 Å². The molecule has 1 atom stereocenters. The van der Waals surface area contributed by atoms with Crippen LogP contribution >= 0.6 is 11.3 Å². The predicted octanol–water partition coefficient (Wildman–Crippen LogP) is 3.20. The van der Waals surface area contributed by atoms with Crippen molar-refractivity contribution in [2.24, 2.45) is 0 Å². The number of hydrogen-bond acceptors (Lipinski definition) is 5. The van der Waals surface area contributed by atoms with Gasteiger partial charge in [-0.2, -0.15) is 5.26 Å². The average molecular weight is 258 g/mol. The highest BCUT2D eigenvalue weighted by atomic mass is 32.1. The molecule has 0 bridgehead atoms. The predicted molar refractivity (Wildman–Crippen MR) is 72.6 cm³/mol. The van der Waals surface area contributed by atoms with Crippen LogP contribution in [0.1, 0.15) is 34.1 Å². The lowest BCUT2D eigenvalue weighted by molar-refractivity contribution is 0.874. The van der Waals surface area contributed by atoms with Crippen molar-refractivity contribution in [3.8, 4) is 6.07 Å². The smallest absolute Gasteiger partial charge is 0.224 e. The summed E-state index contributed by atoms with van der Waals surface area (Å²) in [4.78, 5) is 10.9. The van der Waals surface area contributed by atoms with Crippen LogP contribution in [-0.4, -0.2) is 9.97 Å². The van der Waals surface area contributed by atoms with Crippen molar-refractivity contribution in [2.75, 3.05) is 5.32 Å². The summed E-state index contributed by atoms with van der Waals surface area (Å²) in [5.74, 6) is 0.505. The number of nitriles is 1. The Hall–Kier alpha value is -1.93. The molecule has 18 heavy (non-hydrogen) atoms. The van der Waals surface area contributed by atoms with E-state index >= 15 is 0 Å². The molecule has 92 valence electrons. The van der Waals surface area contributed by atoms with Crippen LogP contribution in [0.2, 0.25) is 0 Å². The fourth-order valence-electron chi connectivity index (χ4n) is 1.64. The molecule has 0 aliphatic rings. The summed E-state index contributed by atoms with van der Waals surface area (Å²) in [5.41, 5.74) is 1.18. The third-order valence-electron chi connectivity index (χ3n) is 2.50. The van der Waals surface area contributed by atoms with Gasteiger partial charge in [0, 0.05) is 15.4 Å². The molecule has 1 unspecified atom stereocenters. The summed E-state index contributed by atoms with van der Waals surface area (Å²) in [6.45, 7) is 5.99. The molecule has 0 aliphatic carbocycles. The second kappa shape index (κ2) is 5.15. The molecule has 2 aromatic rings. The first kappa shape index (κ1) is 12.5. The maximum Gasteiger partial charge on any atom is 0.224 e. The summed E-state index contributed by atoms with van der Waals surface area (Å²) in [6.07, 6.45) is 0. The Balaban J connectivity index is 2.19. The van der Waals surface area contributed by atoms with Crippen LogP contribution in [0, 0.1) is 25.2 Å². The second-order valence-corrected chi connectivity index (χ2v) is 5.46. The van der Waals surface area contributed by atoms with E-state index in [0.717, 1.165) is 5.69 Å². The van der Waals surface area contributed by atoms with E-state index < -0.39 is 0 Å². The zero-order chi connectivity index (χ0) is 13.1. The first-order chi connectivity index (χ1) is 8.58. The molecule has 0 spiro atoms. The van der Waals surface area contributed by atoms with Crippen LogP contribution in [0.4, 0.5) is 5.95 Å². The van der Waals surface area contributed by atoms with Crippen molar-refractivity contribution in [1.29, 1.82) is 5.26 Å². The van der Waals surface area contributed by atoms with Gasteiger partial charge >= 0.3 is 0 Å². The third-order valence-corrected chi connectivity index (χ3v) is 3.69. The molecule has 0 aliphatic heterocycles. The van der Waals surface area contributed by atoms with Crippen LogP contribution in [0.25, 0.3) is 0 Å². The average Bonchev–Trinajstić information content (AvgIpc) is 2.75. The number of aryl methyl sites for hydroxylation is 2. The zero-order valence-electron chi connectivity index (χ0n) is 10.6. The van der Waals surface area contributed by atoms with Gasteiger partial charge in [0.1, 0.15) is 11.8 Å². The Morgan fingerprint density at radius 2 is 2.11 bits per heavy atom. The molecular weight excluding hydrogens is 244 g/mol. The lowest BCUT2D eigenvalue weighted by Gasteiger charge is -2.12. The minimum Gasteiger partial charge on any atom is -0.347 e. The summed E-state index contributed by atoms with van der Waals surface area (Å²) < 4.78 is 0. The quantitative estimate of drug-likeness (QED) is 0.918. The molecule has 2 rings (SSSR count). The first-order valence-corrected chi connectivity index (χ1v) is 6.49. The molecule has 0 fully saturated rings. The van der Waals surface area contributed by atoms with Gasteiger partial charge in [-0.15, -0.1) is 11.3 Å². The Morgan fingerprint density at radius 3 is 2.72 bits per heavy atom. The number of aromatic nitrogens is 2. The molecule has 0 saturated carbocycles. The number of thiophene rings is 1. The Labute approximate surface area is 110 Å². The van der Waals surface area contributed by atoms with Gasteiger partial charge < -0.3 is 5.32 Å². The van der Waals surface area contributed by atoms with Gasteiger partial charge in [0.2, 0.25) is 5.95 Å². The van der Waals surface area contributed by atoms with Gasteiger partial charge in [0.25, 0.3) is 0 Å². The minimum atomic E-state index is 0.136. The van der Waals surface area contributed by atoms with Gasteiger partial charge in [-0.05, 0) is 39.0 Å². The molecular formula is C13H14N4S. The Morgan fingerprint density at radius 1 is 1.33 bits per heavy atom. The molecule has 2 aromatic heterocycles. The molecule has 2 heterocycles. The third kappa shape index (κ3) is 2.84. The van der Waals surface area contributed by atoms with E-state index in [2.05, 4.69) is 41.3 Å². The van der Waals surface area contributed by atoms with E-state index in [9.17, 15) is 0 Å². The topological polar surface area (TPSA) is 61.6 Å². The highest BCUT2D eigenvalue weighted by molar-refractivity contribution is 7.12. The van der Waals surface area contributed by atoms with E-state index in [1.54, 1.807) is 17.4 Å². The molecule has 0 aromatic carbocycles. The Kier molecular flexibility index (Phi) is 3.58. The van der Waals surface area contributed by atoms with Crippen LogP contribution in [0.3, 0.4) is 0 Å². The summed E-state index contributed by atoms with van der Waals surface area (Å²) in [6, 6.07) is 8.03. The standard InChI is InChI=1S/C13H14N4S/c1-8-6-11(7-14)17-13(15-8)16-10(3)12-5-4-9(2)18-12/h4-6,10H,1-3H3,(H,15,16,17). The zero-order valence-corrected chi connectivity index (χ0v) is 11.4. The monoisotopic (exact) mass is 258 g/mol. The highest BCUT2D eigenvalue weighted by Crippen LogP contribution is 2.24. The van der Waals surface area contributed by atoms with Crippen molar-refractivity contribution in [1.82, 2.24) is 9.97 Å². The Bertz CT molecular complexity index is 597. The van der Waals surface area contributed by atoms with Crippen LogP contribution in [0.15, 0.2) is 18.2 Å². The number of nitrogens with one attached hydrogen (secondary N) is 1. The van der Waals surface area contributed by atoms with E-state index in [1.165, 1.54) is 9.75 Å². The number of nitrogens with zero attached hydrogens (tertiary/aromatic N) is 3. The molecule has 1 N–H and O–H groups in total. The van der Waals surface area contributed by atoms with E-state index in [4.69, 9.17) is 5.26 Å². The van der Waals surface area contributed by atoms with Crippen molar-refractivity contribution in [2.45, 2.75) is 26.8 Å². The molecule has 4 nitrogen and oxygen atoms in total. The van der Waals surface area contributed by atoms with Gasteiger partial charge in [0.15, 0.2) is 0 Å². The molecule has 5 heteroatoms. The summed E-state index contributed by atoms with van der Waals surface area (Å²) in [7, 11) is 0. The molecule has 0 saturated heterocycles. The van der Waals surface area contributed by atoms with Gasteiger partial charge in [0.05, 0.1) is 6.04 Å². The van der Waals surface area contributed by atoms with Crippen LogP contribution < -0.4 is 5.32 Å². The van der Waals surface area contributed by atoms with Crippen LogP contribution in [-0.2, 0) is 0 Å². The molecule has 0 amide bonds. The highest BCUT2D eigenvalue weighted by Gasteiger charge is 2.10. The fraction of sp³-hybridized carbons (Fsp3) is 0.308. The second-order valence-electron chi connectivity index (χ2n) is 4.14. The van der Waals surface area contributed by atoms with Gasteiger partial charge in [-0.3, -0.25) is 0 Å². The lowest BCUT2D eigenvalue weighted by Crippen LogP contribution is -2.09.